The van der Waals surface area contributed by atoms with Crippen molar-refractivity contribution < 1.29 is 9.47 Å². The molecule has 0 N–H and O–H groups in total. The van der Waals surface area contributed by atoms with Crippen LogP contribution in [0.3, 0.4) is 0 Å². The SMILES string of the molecule is COc1ccc(C2N=NC3c4cc(OC)ccc4CCC23)cc1. The maximum absolute atomic E-state index is 5.38. The first-order chi connectivity index (χ1) is 11.3. The number of fused-ring (bicyclic) bond motifs is 3. The van der Waals surface area contributed by atoms with Crippen molar-refractivity contribution in [1.29, 1.82) is 0 Å². The molecule has 2 aromatic carbocycles. The molecule has 1 aliphatic heterocycles. The Kier molecular flexibility index (Phi) is 3.52. The van der Waals surface area contributed by atoms with Gasteiger partial charge in [-0.15, -0.1) is 0 Å². The Morgan fingerprint density at radius 2 is 1.57 bits per heavy atom. The van der Waals surface area contributed by atoms with E-state index >= 15 is 0 Å². The second-order valence-corrected chi connectivity index (χ2v) is 6.16. The van der Waals surface area contributed by atoms with E-state index in [1.165, 1.54) is 16.7 Å². The van der Waals surface area contributed by atoms with E-state index < -0.39 is 0 Å². The topological polar surface area (TPSA) is 43.2 Å². The maximum atomic E-state index is 5.38. The third kappa shape index (κ3) is 2.38. The first-order valence-electron chi connectivity index (χ1n) is 8.01. The molecule has 3 atom stereocenters. The number of rotatable bonds is 3. The number of nitrogens with zero attached hydrogens (tertiary/aromatic N) is 2. The zero-order valence-corrected chi connectivity index (χ0v) is 13.4. The average Bonchev–Trinajstić information content (AvgIpc) is 3.05. The van der Waals surface area contributed by atoms with Crippen molar-refractivity contribution in [3.05, 3.63) is 59.2 Å². The highest BCUT2D eigenvalue weighted by Crippen LogP contribution is 2.50. The minimum absolute atomic E-state index is 0.144. The Bertz CT molecular complexity index is 740. The number of methoxy groups -OCH3 is 2. The lowest BCUT2D eigenvalue weighted by molar-refractivity contribution is 0.368. The highest BCUT2D eigenvalue weighted by Gasteiger charge is 2.40. The summed E-state index contributed by atoms with van der Waals surface area (Å²) in [5, 5.41) is 9.22. The zero-order valence-electron chi connectivity index (χ0n) is 13.4. The molecule has 0 aromatic heterocycles. The molecule has 0 spiro atoms. The van der Waals surface area contributed by atoms with Gasteiger partial charge in [0.15, 0.2) is 0 Å². The smallest absolute Gasteiger partial charge is 0.119 e. The molecule has 0 bridgehead atoms. The second kappa shape index (κ2) is 5.69. The van der Waals surface area contributed by atoms with E-state index in [0.29, 0.717) is 5.92 Å². The Balaban J connectivity index is 1.65. The molecule has 1 aliphatic carbocycles. The van der Waals surface area contributed by atoms with Crippen LogP contribution in [0.5, 0.6) is 11.5 Å². The molecule has 0 saturated heterocycles. The van der Waals surface area contributed by atoms with Crippen molar-refractivity contribution >= 4 is 0 Å². The third-order valence-corrected chi connectivity index (χ3v) is 5.00. The van der Waals surface area contributed by atoms with Gasteiger partial charge in [-0.2, -0.15) is 10.2 Å². The van der Waals surface area contributed by atoms with Gasteiger partial charge in [-0.25, -0.2) is 0 Å². The summed E-state index contributed by atoms with van der Waals surface area (Å²) in [4.78, 5) is 0. The number of benzene rings is 2. The summed E-state index contributed by atoms with van der Waals surface area (Å²) in [7, 11) is 3.39. The number of aryl methyl sites for hydroxylation is 1. The summed E-state index contributed by atoms with van der Waals surface area (Å²) in [5.41, 5.74) is 3.87. The van der Waals surface area contributed by atoms with Crippen LogP contribution in [-0.2, 0) is 6.42 Å². The molecule has 3 unspecified atom stereocenters. The Morgan fingerprint density at radius 1 is 0.870 bits per heavy atom. The van der Waals surface area contributed by atoms with Crippen molar-refractivity contribution in [2.45, 2.75) is 24.9 Å². The number of azo groups is 1. The van der Waals surface area contributed by atoms with Gasteiger partial charge in [0.05, 0.1) is 14.2 Å². The van der Waals surface area contributed by atoms with E-state index in [1.807, 2.05) is 18.2 Å². The molecule has 118 valence electrons. The van der Waals surface area contributed by atoms with Gasteiger partial charge in [0.2, 0.25) is 0 Å². The zero-order chi connectivity index (χ0) is 15.8. The molecular formula is C19H20N2O2. The van der Waals surface area contributed by atoms with Gasteiger partial charge >= 0.3 is 0 Å². The predicted molar refractivity (Wildman–Crippen MR) is 88.1 cm³/mol. The van der Waals surface area contributed by atoms with Crippen LogP contribution < -0.4 is 9.47 Å². The molecular weight excluding hydrogens is 288 g/mol. The molecule has 4 rings (SSSR count). The highest BCUT2D eigenvalue weighted by atomic mass is 16.5. The van der Waals surface area contributed by atoms with Crippen molar-refractivity contribution in [2.24, 2.45) is 16.1 Å². The summed E-state index contributed by atoms with van der Waals surface area (Å²) in [6, 6.07) is 14.8. The van der Waals surface area contributed by atoms with Crippen LogP contribution in [0.15, 0.2) is 52.7 Å². The lowest BCUT2D eigenvalue weighted by atomic mass is 9.76. The summed E-state index contributed by atoms with van der Waals surface area (Å²) in [6.45, 7) is 0. The maximum Gasteiger partial charge on any atom is 0.119 e. The average molecular weight is 308 g/mol. The van der Waals surface area contributed by atoms with Crippen molar-refractivity contribution in [2.75, 3.05) is 14.2 Å². The first-order valence-corrected chi connectivity index (χ1v) is 8.01. The summed E-state index contributed by atoms with van der Waals surface area (Å²) in [6.07, 6.45) is 2.20. The van der Waals surface area contributed by atoms with Crippen LogP contribution in [0.2, 0.25) is 0 Å². The van der Waals surface area contributed by atoms with Gasteiger partial charge < -0.3 is 9.47 Å². The van der Waals surface area contributed by atoms with Crippen molar-refractivity contribution in [3.63, 3.8) is 0 Å². The van der Waals surface area contributed by atoms with E-state index in [-0.39, 0.29) is 12.1 Å². The van der Waals surface area contributed by atoms with Crippen LogP contribution in [0.4, 0.5) is 0 Å². The first kappa shape index (κ1) is 14.2. The molecule has 0 saturated carbocycles. The summed E-state index contributed by atoms with van der Waals surface area (Å²) in [5.74, 6) is 2.20. The largest absolute Gasteiger partial charge is 0.497 e. The van der Waals surface area contributed by atoms with Crippen LogP contribution in [-0.4, -0.2) is 14.2 Å². The molecule has 0 amide bonds. The Labute approximate surface area is 136 Å². The molecule has 0 radical (unpaired) electrons. The summed E-state index contributed by atoms with van der Waals surface area (Å²) < 4.78 is 10.6. The Hall–Kier alpha value is -2.36. The molecule has 0 fully saturated rings. The second-order valence-electron chi connectivity index (χ2n) is 6.16. The van der Waals surface area contributed by atoms with Crippen LogP contribution >= 0.6 is 0 Å². The van der Waals surface area contributed by atoms with Crippen LogP contribution in [0.1, 0.15) is 35.2 Å². The molecule has 1 heterocycles. The van der Waals surface area contributed by atoms with E-state index in [4.69, 9.17) is 9.47 Å². The minimum atomic E-state index is 0.144. The number of ether oxygens (including phenoxy) is 2. The highest BCUT2D eigenvalue weighted by molar-refractivity contribution is 5.41. The van der Waals surface area contributed by atoms with E-state index in [9.17, 15) is 0 Å². The quantitative estimate of drug-likeness (QED) is 0.837. The van der Waals surface area contributed by atoms with Crippen LogP contribution in [0, 0.1) is 5.92 Å². The fourth-order valence-electron chi connectivity index (χ4n) is 3.74. The molecule has 2 aliphatic rings. The lowest BCUT2D eigenvalue weighted by Crippen LogP contribution is -2.20. The van der Waals surface area contributed by atoms with Gasteiger partial charge in [-0.3, -0.25) is 0 Å². The lowest BCUT2D eigenvalue weighted by Gasteiger charge is -2.29. The van der Waals surface area contributed by atoms with Gasteiger partial charge in [0.1, 0.15) is 23.6 Å². The van der Waals surface area contributed by atoms with Gasteiger partial charge in [0, 0.05) is 5.92 Å². The molecule has 4 heteroatoms. The third-order valence-electron chi connectivity index (χ3n) is 5.00. The standard InChI is InChI=1S/C19H20N2O2/c1-22-14-7-4-13(5-8-14)18-16-10-6-12-3-9-15(23-2)11-17(12)19(16)21-20-18/h3-5,7-9,11,16,18-19H,6,10H2,1-2H3. The van der Waals surface area contributed by atoms with Crippen LogP contribution in [0.25, 0.3) is 0 Å². The fraction of sp³-hybridized carbons (Fsp3) is 0.368. The molecule has 2 aromatic rings. The summed E-state index contributed by atoms with van der Waals surface area (Å²) >= 11 is 0. The van der Waals surface area contributed by atoms with E-state index in [2.05, 4.69) is 34.5 Å². The van der Waals surface area contributed by atoms with Crippen molar-refractivity contribution in [1.82, 2.24) is 0 Å². The fourth-order valence-corrected chi connectivity index (χ4v) is 3.74. The molecule has 4 nitrogen and oxygen atoms in total. The minimum Gasteiger partial charge on any atom is -0.497 e. The predicted octanol–water partition coefficient (Wildman–Crippen LogP) is 4.51. The van der Waals surface area contributed by atoms with Gasteiger partial charge in [0.25, 0.3) is 0 Å². The number of hydrogen-bond acceptors (Lipinski definition) is 4. The van der Waals surface area contributed by atoms with Crippen molar-refractivity contribution in [3.8, 4) is 11.5 Å². The van der Waals surface area contributed by atoms with Gasteiger partial charge in [-0.1, -0.05) is 18.2 Å². The number of hydrogen-bond donors (Lipinski definition) is 0. The monoisotopic (exact) mass is 308 g/mol. The van der Waals surface area contributed by atoms with E-state index in [0.717, 1.165) is 24.3 Å². The van der Waals surface area contributed by atoms with Gasteiger partial charge in [-0.05, 0) is 53.8 Å². The normalized spacial score (nSPS) is 24.9. The molecule has 23 heavy (non-hydrogen) atoms. The Morgan fingerprint density at radius 3 is 2.30 bits per heavy atom. The van der Waals surface area contributed by atoms with E-state index in [1.54, 1.807) is 14.2 Å².